The molecule has 0 saturated carbocycles. The predicted molar refractivity (Wildman–Crippen MR) is 102 cm³/mol. The molecule has 0 aliphatic rings. The molecule has 0 aliphatic heterocycles. The monoisotopic (exact) mass is 370 g/mol. The zero-order valence-electron chi connectivity index (χ0n) is 14.8. The maximum absolute atomic E-state index is 12.6. The maximum Gasteiger partial charge on any atom is 0.274 e. The van der Waals surface area contributed by atoms with E-state index >= 15 is 0 Å². The molecule has 2 heterocycles. The quantitative estimate of drug-likeness (QED) is 0.690. The van der Waals surface area contributed by atoms with Gasteiger partial charge in [0.2, 0.25) is 0 Å². The molecule has 7 heteroatoms. The van der Waals surface area contributed by atoms with Crippen molar-refractivity contribution >= 4 is 29.0 Å². The fourth-order valence-electron chi connectivity index (χ4n) is 2.62. The van der Waals surface area contributed by atoms with E-state index in [0.29, 0.717) is 28.9 Å². The van der Waals surface area contributed by atoms with Crippen molar-refractivity contribution in [3.8, 4) is 0 Å². The molecule has 0 aliphatic carbocycles. The highest BCUT2D eigenvalue weighted by molar-refractivity contribution is 6.34. The molecule has 0 fully saturated rings. The van der Waals surface area contributed by atoms with Gasteiger partial charge in [0.25, 0.3) is 5.91 Å². The lowest BCUT2D eigenvalue weighted by Gasteiger charge is -2.12. The molecule has 6 nitrogen and oxygen atoms in total. The van der Waals surface area contributed by atoms with Crippen LogP contribution in [0, 0.1) is 20.8 Å². The number of hydrogen-bond donors (Lipinski definition) is 2. The van der Waals surface area contributed by atoms with Gasteiger partial charge in [0.15, 0.2) is 0 Å². The van der Waals surface area contributed by atoms with Crippen LogP contribution in [0.25, 0.3) is 0 Å². The first kappa shape index (κ1) is 17.9. The normalized spacial score (nSPS) is 10.6. The van der Waals surface area contributed by atoms with Crippen LogP contribution in [0.3, 0.4) is 0 Å². The molecule has 134 valence electrons. The number of benzene rings is 1. The zero-order chi connectivity index (χ0) is 18.7. The van der Waals surface area contributed by atoms with E-state index in [2.05, 4.69) is 20.6 Å². The summed E-state index contributed by atoms with van der Waals surface area (Å²) < 4.78 is 5.28. The molecular weight excluding hydrogens is 352 g/mol. The molecule has 0 atom stereocenters. The minimum Gasteiger partial charge on any atom is -0.467 e. The molecule has 26 heavy (non-hydrogen) atoms. The predicted octanol–water partition coefficient (Wildman–Crippen LogP) is 4.51. The Labute approximate surface area is 156 Å². The molecule has 3 aromatic rings. The standard InChI is InChI=1S/C19H19ClN4O2/c1-11-7-12(2)18(15(20)8-11)24-19(25)16-9-17(23-13(3)22-16)21-10-14-5-4-6-26-14/h4-9H,10H2,1-3H3,(H,24,25)(H,21,22,23). The Morgan fingerprint density at radius 3 is 2.69 bits per heavy atom. The Balaban J connectivity index is 1.79. The minimum atomic E-state index is -0.342. The summed E-state index contributed by atoms with van der Waals surface area (Å²) in [5.41, 5.74) is 2.78. The number of carbonyl (C=O) groups excluding carboxylic acids is 1. The third-order valence-electron chi connectivity index (χ3n) is 3.76. The molecule has 0 radical (unpaired) electrons. The second kappa shape index (κ2) is 7.58. The highest BCUT2D eigenvalue weighted by Crippen LogP contribution is 2.27. The number of rotatable bonds is 5. The van der Waals surface area contributed by atoms with Crippen molar-refractivity contribution in [1.29, 1.82) is 0 Å². The molecule has 0 spiro atoms. The summed E-state index contributed by atoms with van der Waals surface area (Å²) in [5, 5.41) is 6.46. The number of nitrogens with one attached hydrogen (secondary N) is 2. The van der Waals surface area contributed by atoms with Crippen LogP contribution < -0.4 is 10.6 Å². The van der Waals surface area contributed by atoms with Crippen LogP contribution in [0.2, 0.25) is 5.02 Å². The van der Waals surface area contributed by atoms with Crippen LogP contribution in [0.5, 0.6) is 0 Å². The average Bonchev–Trinajstić information content (AvgIpc) is 3.09. The highest BCUT2D eigenvalue weighted by atomic mass is 35.5. The Morgan fingerprint density at radius 2 is 2.00 bits per heavy atom. The molecular formula is C19H19ClN4O2. The summed E-state index contributed by atoms with van der Waals surface area (Å²) >= 11 is 6.27. The van der Waals surface area contributed by atoms with Crippen molar-refractivity contribution in [2.24, 2.45) is 0 Å². The lowest BCUT2D eigenvalue weighted by atomic mass is 10.1. The van der Waals surface area contributed by atoms with Gasteiger partial charge in [0.05, 0.1) is 23.5 Å². The van der Waals surface area contributed by atoms with Crippen LogP contribution in [0.15, 0.2) is 41.0 Å². The van der Waals surface area contributed by atoms with Gasteiger partial charge in [-0.25, -0.2) is 9.97 Å². The average molecular weight is 371 g/mol. The van der Waals surface area contributed by atoms with Gasteiger partial charge in [-0.1, -0.05) is 17.7 Å². The number of hydrogen-bond acceptors (Lipinski definition) is 5. The van der Waals surface area contributed by atoms with Gasteiger partial charge in [-0.15, -0.1) is 0 Å². The molecule has 0 saturated heterocycles. The fourth-order valence-corrected chi connectivity index (χ4v) is 2.99. The van der Waals surface area contributed by atoms with E-state index in [4.69, 9.17) is 16.0 Å². The smallest absolute Gasteiger partial charge is 0.274 e. The molecule has 2 aromatic heterocycles. The molecule has 1 amide bonds. The van der Waals surface area contributed by atoms with Gasteiger partial charge >= 0.3 is 0 Å². The van der Waals surface area contributed by atoms with Crippen LogP contribution >= 0.6 is 11.6 Å². The number of carbonyl (C=O) groups is 1. The third-order valence-corrected chi connectivity index (χ3v) is 4.06. The van der Waals surface area contributed by atoms with Crippen LogP contribution in [0.1, 0.15) is 33.2 Å². The van der Waals surface area contributed by atoms with Crippen molar-refractivity contribution in [2.45, 2.75) is 27.3 Å². The van der Waals surface area contributed by atoms with E-state index in [1.54, 1.807) is 19.3 Å². The lowest BCUT2D eigenvalue weighted by molar-refractivity contribution is 0.102. The first-order valence-corrected chi connectivity index (χ1v) is 8.50. The molecule has 0 bridgehead atoms. The summed E-state index contributed by atoms with van der Waals surface area (Å²) in [4.78, 5) is 21.2. The number of aromatic nitrogens is 2. The Kier molecular flexibility index (Phi) is 5.23. The van der Waals surface area contributed by atoms with E-state index in [1.165, 1.54) is 0 Å². The summed E-state index contributed by atoms with van der Waals surface area (Å²) in [6.45, 7) is 6.05. The number of amides is 1. The molecule has 2 N–H and O–H groups in total. The van der Waals surface area contributed by atoms with Crippen LogP contribution in [-0.4, -0.2) is 15.9 Å². The van der Waals surface area contributed by atoms with Crippen molar-refractivity contribution in [3.05, 3.63) is 70.0 Å². The number of nitrogens with zero attached hydrogens (tertiary/aromatic N) is 2. The minimum absolute atomic E-state index is 0.260. The first-order valence-electron chi connectivity index (χ1n) is 8.12. The van der Waals surface area contributed by atoms with Crippen molar-refractivity contribution in [2.75, 3.05) is 10.6 Å². The molecule has 0 unspecified atom stereocenters. The van der Waals surface area contributed by atoms with Gasteiger partial charge in [0.1, 0.15) is 23.1 Å². The summed E-state index contributed by atoms with van der Waals surface area (Å²) in [5.74, 6) is 1.47. The molecule has 3 rings (SSSR count). The highest BCUT2D eigenvalue weighted by Gasteiger charge is 2.14. The van der Waals surface area contributed by atoms with Gasteiger partial charge in [-0.2, -0.15) is 0 Å². The number of halogens is 1. The fraction of sp³-hybridized carbons (Fsp3) is 0.211. The number of anilines is 2. The van der Waals surface area contributed by atoms with Crippen molar-refractivity contribution in [1.82, 2.24) is 9.97 Å². The summed E-state index contributed by atoms with van der Waals surface area (Å²) in [7, 11) is 0. The van der Waals surface area contributed by atoms with E-state index in [-0.39, 0.29) is 11.6 Å². The first-order chi connectivity index (χ1) is 12.4. The second-order valence-electron chi connectivity index (χ2n) is 6.01. The Hall–Kier alpha value is -2.86. The number of aryl methyl sites for hydroxylation is 3. The third kappa shape index (κ3) is 4.21. The van der Waals surface area contributed by atoms with Gasteiger partial charge < -0.3 is 15.1 Å². The number of furan rings is 1. The second-order valence-corrected chi connectivity index (χ2v) is 6.42. The van der Waals surface area contributed by atoms with Gasteiger partial charge in [0, 0.05) is 6.07 Å². The van der Waals surface area contributed by atoms with Crippen molar-refractivity contribution in [3.63, 3.8) is 0 Å². The molecule has 1 aromatic carbocycles. The van der Waals surface area contributed by atoms with E-state index in [9.17, 15) is 4.79 Å². The van der Waals surface area contributed by atoms with Crippen LogP contribution in [-0.2, 0) is 6.54 Å². The topological polar surface area (TPSA) is 80.0 Å². The summed E-state index contributed by atoms with van der Waals surface area (Å²) in [6.07, 6.45) is 1.61. The van der Waals surface area contributed by atoms with Crippen LogP contribution in [0.4, 0.5) is 11.5 Å². The lowest BCUT2D eigenvalue weighted by Crippen LogP contribution is -2.16. The SMILES string of the molecule is Cc1cc(C)c(NC(=O)c2cc(NCc3ccco3)nc(C)n2)c(Cl)c1. The van der Waals surface area contributed by atoms with E-state index in [0.717, 1.165) is 16.9 Å². The van der Waals surface area contributed by atoms with Gasteiger partial charge in [-0.3, -0.25) is 4.79 Å². The largest absolute Gasteiger partial charge is 0.467 e. The van der Waals surface area contributed by atoms with Crippen molar-refractivity contribution < 1.29 is 9.21 Å². The maximum atomic E-state index is 12.6. The Bertz CT molecular complexity index is 916. The summed E-state index contributed by atoms with van der Waals surface area (Å²) in [6, 6.07) is 9.04. The van der Waals surface area contributed by atoms with Gasteiger partial charge in [-0.05, 0) is 50.1 Å². The zero-order valence-corrected chi connectivity index (χ0v) is 15.5. The Morgan fingerprint density at radius 1 is 1.19 bits per heavy atom. The van der Waals surface area contributed by atoms with E-state index in [1.807, 2.05) is 38.1 Å². The van der Waals surface area contributed by atoms with E-state index < -0.39 is 0 Å².